The van der Waals surface area contributed by atoms with Gasteiger partial charge in [0, 0.05) is 83.7 Å². The van der Waals surface area contributed by atoms with Crippen LogP contribution < -0.4 is 9.80 Å². The maximum atomic E-state index is 4.32. The number of aryl methyl sites for hydroxylation is 2. The van der Waals surface area contributed by atoms with Gasteiger partial charge in [-0.25, -0.2) is 0 Å². The Morgan fingerprint density at radius 3 is 0.889 bits per heavy atom. The number of rotatable bonds is 8. The number of hydrogen-bond acceptors (Lipinski definition) is 6. The second kappa shape index (κ2) is 14.1. The van der Waals surface area contributed by atoms with Crippen LogP contribution in [-0.4, -0.2) is 19.9 Å². The number of anilines is 6. The van der Waals surface area contributed by atoms with Crippen LogP contribution in [0.5, 0.6) is 0 Å². The minimum Gasteiger partial charge on any atom is -0.310 e. The van der Waals surface area contributed by atoms with Crippen LogP contribution >= 0.6 is 0 Å². The van der Waals surface area contributed by atoms with Gasteiger partial charge in [-0.05, 0) is 130 Å². The van der Waals surface area contributed by atoms with Crippen LogP contribution in [0.25, 0.3) is 43.8 Å². The van der Waals surface area contributed by atoms with E-state index in [0.717, 1.165) is 45.3 Å². The van der Waals surface area contributed by atoms with Gasteiger partial charge in [0.2, 0.25) is 0 Å². The topological polar surface area (TPSA) is 58.0 Å². The minimum atomic E-state index is 1.02. The summed E-state index contributed by atoms with van der Waals surface area (Å²) >= 11 is 0. The molecular weight excluding hydrogens is 661 g/mol. The van der Waals surface area contributed by atoms with Gasteiger partial charge in [-0.3, -0.25) is 19.9 Å². The van der Waals surface area contributed by atoms with Crippen LogP contribution in [0.3, 0.4) is 0 Å². The molecule has 0 aliphatic carbocycles. The monoisotopic (exact) mass is 696 g/mol. The Balaban J connectivity index is 1.38. The number of hydrogen-bond donors (Lipinski definition) is 0. The zero-order chi connectivity index (χ0) is 36.4. The van der Waals surface area contributed by atoms with E-state index >= 15 is 0 Å². The van der Waals surface area contributed by atoms with Gasteiger partial charge in [-0.1, -0.05) is 71.8 Å². The van der Waals surface area contributed by atoms with Crippen molar-refractivity contribution in [2.24, 2.45) is 0 Å². The Labute approximate surface area is 314 Å². The fraction of sp³-hybridized carbons (Fsp3) is 0.0417. The van der Waals surface area contributed by atoms with Crippen molar-refractivity contribution >= 4 is 55.7 Å². The summed E-state index contributed by atoms with van der Waals surface area (Å²) in [6.07, 6.45) is 14.7. The molecule has 0 unspecified atom stereocenters. The van der Waals surface area contributed by atoms with Crippen molar-refractivity contribution in [3.63, 3.8) is 0 Å². The van der Waals surface area contributed by atoms with Crippen LogP contribution in [0, 0.1) is 13.8 Å². The summed E-state index contributed by atoms with van der Waals surface area (Å²) in [5.41, 5.74) is 13.3. The zero-order valence-corrected chi connectivity index (χ0v) is 30.0. The third kappa shape index (κ3) is 6.10. The van der Waals surface area contributed by atoms with Crippen molar-refractivity contribution in [3.8, 4) is 22.3 Å². The van der Waals surface area contributed by atoms with Crippen molar-refractivity contribution in [1.29, 1.82) is 0 Å². The molecule has 9 aromatic rings. The summed E-state index contributed by atoms with van der Waals surface area (Å²) in [5, 5.41) is 4.68. The van der Waals surface area contributed by atoms with E-state index in [-0.39, 0.29) is 0 Å². The highest BCUT2D eigenvalue weighted by atomic mass is 15.1. The van der Waals surface area contributed by atoms with E-state index in [1.807, 2.05) is 98.1 Å². The molecule has 4 aromatic heterocycles. The molecular formula is C48H36N6. The van der Waals surface area contributed by atoms with Gasteiger partial charge >= 0.3 is 0 Å². The highest BCUT2D eigenvalue weighted by Gasteiger charge is 2.22. The largest absolute Gasteiger partial charge is 0.310 e. The lowest BCUT2D eigenvalue weighted by molar-refractivity contribution is 1.22. The number of aromatic nitrogens is 4. The molecule has 0 aliphatic rings. The van der Waals surface area contributed by atoms with Crippen molar-refractivity contribution < 1.29 is 0 Å². The molecule has 0 N–H and O–H groups in total. The predicted octanol–water partition coefficient (Wildman–Crippen LogP) is 12.5. The van der Waals surface area contributed by atoms with E-state index < -0.39 is 0 Å². The highest BCUT2D eigenvalue weighted by molar-refractivity contribution is 6.22. The van der Waals surface area contributed by atoms with Gasteiger partial charge in [0.15, 0.2) is 0 Å². The van der Waals surface area contributed by atoms with Crippen LogP contribution in [0.15, 0.2) is 183 Å². The Morgan fingerprint density at radius 1 is 0.296 bits per heavy atom. The van der Waals surface area contributed by atoms with Crippen LogP contribution in [0.1, 0.15) is 11.1 Å². The van der Waals surface area contributed by atoms with E-state index in [4.69, 9.17) is 0 Å². The molecule has 4 heterocycles. The van der Waals surface area contributed by atoms with E-state index in [1.54, 1.807) is 0 Å². The molecule has 0 radical (unpaired) electrons. The summed E-state index contributed by atoms with van der Waals surface area (Å²) in [4.78, 5) is 21.8. The van der Waals surface area contributed by atoms with Crippen molar-refractivity contribution in [2.75, 3.05) is 9.80 Å². The van der Waals surface area contributed by atoms with E-state index in [2.05, 4.69) is 129 Å². The Morgan fingerprint density at radius 2 is 0.593 bits per heavy atom. The molecule has 0 atom stereocenters. The van der Waals surface area contributed by atoms with Crippen molar-refractivity contribution in [1.82, 2.24) is 19.9 Å². The molecule has 54 heavy (non-hydrogen) atoms. The first-order valence-corrected chi connectivity index (χ1v) is 18.0. The zero-order valence-electron chi connectivity index (χ0n) is 30.0. The predicted molar refractivity (Wildman–Crippen MR) is 222 cm³/mol. The molecule has 6 heteroatoms. The van der Waals surface area contributed by atoms with E-state index in [9.17, 15) is 0 Å². The molecule has 0 saturated carbocycles. The van der Waals surface area contributed by atoms with E-state index in [0.29, 0.717) is 0 Å². The first kappa shape index (κ1) is 32.7. The normalized spacial score (nSPS) is 11.1. The smallest absolute Gasteiger partial charge is 0.0492 e. The summed E-state index contributed by atoms with van der Waals surface area (Å²) in [6, 6.07) is 47.9. The minimum absolute atomic E-state index is 1.02. The third-order valence-corrected chi connectivity index (χ3v) is 9.96. The molecule has 5 aromatic carbocycles. The summed E-state index contributed by atoms with van der Waals surface area (Å²) in [6.45, 7) is 4.28. The number of nitrogens with zero attached hydrogens (tertiary/aromatic N) is 6. The molecule has 0 saturated heterocycles. The Bertz CT molecular complexity index is 2430. The number of benzene rings is 5. The van der Waals surface area contributed by atoms with E-state index in [1.165, 1.54) is 43.8 Å². The molecule has 9 rings (SSSR count). The summed E-state index contributed by atoms with van der Waals surface area (Å²) in [7, 11) is 0. The number of fused-ring (bicyclic) bond motifs is 2. The van der Waals surface area contributed by atoms with Crippen molar-refractivity contribution in [2.45, 2.75) is 13.8 Å². The molecule has 0 bridgehead atoms. The molecule has 0 fully saturated rings. The fourth-order valence-electron chi connectivity index (χ4n) is 7.41. The molecule has 0 spiro atoms. The van der Waals surface area contributed by atoms with Gasteiger partial charge < -0.3 is 9.80 Å². The SMILES string of the molecule is Cc1ccc(-c2c3ccc(N(c4ccncc4)c4ccncc4)cc3c(-c3ccc(C)cc3)c3ccc(N(c4ccncc4)c4ccncc4)cc23)cc1. The molecule has 6 nitrogen and oxygen atoms in total. The summed E-state index contributed by atoms with van der Waals surface area (Å²) < 4.78 is 0. The lowest BCUT2D eigenvalue weighted by Crippen LogP contribution is -2.10. The van der Waals surface area contributed by atoms with Gasteiger partial charge in [0.1, 0.15) is 0 Å². The standard InChI is InChI=1S/C48H36N6/c1-33-3-7-35(8-4-33)47-43-13-11-42(54(39-19-27-51-28-20-39)40-21-29-52-30-22-40)32-46(43)48(36-9-5-34(2)6-10-36)44-14-12-41(31-45(44)47)53(37-15-23-49-24-16-37)38-17-25-50-26-18-38/h3-32H,1-2H3. The summed E-state index contributed by atoms with van der Waals surface area (Å²) in [5.74, 6) is 0. The lowest BCUT2D eigenvalue weighted by Gasteiger charge is -2.28. The second-order valence-corrected chi connectivity index (χ2v) is 13.4. The average molecular weight is 697 g/mol. The van der Waals surface area contributed by atoms with Gasteiger partial charge in [0.05, 0.1) is 0 Å². The fourth-order valence-corrected chi connectivity index (χ4v) is 7.41. The number of pyridine rings is 4. The third-order valence-electron chi connectivity index (χ3n) is 9.96. The highest BCUT2D eigenvalue weighted by Crippen LogP contribution is 2.48. The van der Waals surface area contributed by atoms with Gasteiger partial charge in [-0.2, -0.15) is 0 Å². The quantitative estimate of drug-likeness (QED) is 0.147. The Hall–Kier alpha value is -7.18. The van der Waals surface area contributed by atoms with Crippen LogP contribution in [0.4, 0.5) is 34.1 Å². The maximum absolute atomic E-state index is 4.32. The van der Waals surface area contributed by atoms with Crippen LogP contribution in [0.2, 0.25) is 0 Å². The first-order valence-electron chi connectivity index (χ1n) is 18.0. The van der Waals surface area contributed by atoms with Crippen molar-refractivity contribution in [3.05, 3.63) is 194 Å². The van der Waals surface area contributed by atoms with Gasteiger partial charge in [0.25, 0.3) is 0 Å². The molecule has 0 amide bonds. The first-order chi connectivity index (χ1) is 26.6. The Kier molecular flexibility index (Phi) is 8.54. The molecule has 0 aliphatic heterocycles. The van der Waals surface area contributed by atoms with Gasteiger partial charge in [-0.15, -0.1) is 0 Å². The lowest BCUT2D eigenvalue weighted by atomic mass is 9.85. The van der Waals surface area contributed by atoms with Crippen LogP contribution in [-0.2, 0) is 0 Å². The maximum Gasteiger partial charge on any atom is 0.0492 e. The second-order valence-electron chi connectivity index (χ2n) is 13.4. The average Bonchev–Trinajstić information content (AvgIpc) is 3.23. The molecule has 258 valence electrons.